The zero-order chi connectivity index (χ0) is 21.8. The normalized spacial score (nSPS) is 12.5. The summed E-state index contributed by atoms with van der Waals surface area (Å²) in [4.78, 5) is 9.32. The van der Waals surface area contributed by atoms with Crippen molar-refractivity contribution in [3.05, 3.63) is 84.3 Å². The number of methoxy groups -OCH3 is 2. The van der Waals surface area contributed by atoms with Crippen LogP contribution in [0.5, 0.6) is 11.8 Å². The number of nitrogens with zero attached hydrogens (tertiary/aromatic N) is 4. The topological polar surface area (TPSA) is 62.1 Å². The Balaban J connectivity index is 0.00000289. The van der Waals surface area contributed by atoms with Crippen LogP contribution < -0.4 is 9.47 Å². The molecular weight excluding hydrogens is 583 g/mol. The second-order valence-corrected chi connectivity index (χ2v) is 7.31. The molecule has 0 N–H and O–H groups in total. The van der Waals surface area contributed by atoms with Gasteiger partial charge in [-0.25, -0.2) is 0 Å². The Kier molecular flexibility index (Phi) is 7.47. The number of hydrogen-bond donors (Lipinski definition) is 0. The summed E-state index contributed by atoms with van der Waals surface area (Å²) in [5, 5.41) is 4.84. The van der Waals surface area contributed by atoms with E-state index in [1.54, 1.807) is 20.3 Å². The zero-order valence-electron chi connectivity index (χ0n) is 18.4. The number of benzene rings is 1. The summed E-state index contributed by atoms with van der Waals surface area (Å²) in [6.07, 6.45) is 2.80. The molecule has 0 aliphatic carbocycles. The van der Waals surface area contributed by atoms with Crippen LogP contribution in [-0.2, 0) is 26.5 Å². The molecule has 0 amide bonds. The predicted octanol–water partition coefficient (Wildman–Crippen LogP) is 4.66. The second kappa shape index (κ2) is 10.1. The van der Waals surface area contributed by atoms with Gasteiger partial charge < -0.3 is 14.5 Å². The number of pyridine rings is 2. The first-order chi connectivity index (χ1) is 15.1. The monoisotopic (exact) mass is 607 g/mol. The van der Waals surface area contributed by atoms with Crippen LogP contribution in [0, 0.1) is 12.1 Å². The summed E-state index contributed by atoms with van der Waals surface area (Å²) in [5.74, 6) is 0.865. The molecule has 0 fully saturated rings. The second-order valence-electron chi connectivity index (χ2n) is 7.31. The van der Waals surface area contributed by atoms with E-state index in [0.717, 1.165) is 29.2 Å². The summed E-state index contributed by atoms with van der Waals surface area (Å²) < 4.78 is 12.5. The van der Waals surface area contributed by atoms with Crippen LogP contribution in [0.4, 0.5) is 0 Å². The molecule has 1 unspecified atom stereocenters. The Hall–Kier alpha value is -2.98. The largest absolute Gasteiger partial charge is 2.00 e. The molecular formula is C25H24N4O2Pt. The average molecular weight is 608 g/mol. The van der Waals surface area contributed by atoms with Crippen LogP contribution in [0.1, 0.15) is 31.7 Å². The summed E-state index contributed by atoms with van der Waals surface area (Å²) in [7, 11) is 3.14. The fourth-order valence-electron chi connectivity index (χ4n) is 3.47. The van der Waals surface area contributed by atoms with Gasteiger partial charge in [-0.2, -0.15) is 29.4 Å². The van der Waals surface area contributed by atoms with Crippen molar-refractivity contribution < 1.29 is 30.5 Å². The van der Waals surface area contributed by atoms with E-state index in [4.69, 9.17) is 19.6 Å². The van der Waals surface area contributed by atoms with Crippen molar-refractivity contribution >= 4 is 0 Å². The molecule has 1 aromatic carbocycles. The van der Waals surface area contributed by atoms with E-state index in [1.807, 2.05) is 59.4 Å². The van der Waals surface area contributed by atoms with Crippen molar-refractivity contribution in [2.24, 2.45) is 0 Å². The van der Waals surface area contributed by atoms with Gasteiger partial charge in [0.25, 0.3) is 0 Å². The zero-order valence-corrected chi connectivity index (χ0v) is 20.7. The van der Waals surface area contributed by atoms with E-state index in [9.17, 15) is 0 Å². The first-order valence-electron chi connectivity index (χ1n) is 10.1. The first-order valence-corrected chi connectivity index (χ1v) is 10.1. The molecule has 3 heterocycles. The van der Waals surface area contributed by atoms with E-state index in [-0.39, 0.29) is 26.5 Å². The van der Waals surface area contributed by atoms with Crippen LogP contribution in [0.2, 0.25) is 0 Å². The minimum atomic E-state index is -0.372. The van der Waals surface area contributed by atoms with Crippen molar-refractivity contribution in [2.75, 3.05) is 14.2 Å². The van der Waals surface area contributed by atoms with Crippen LogP contribution >= 0.6 is 0 Å². The van der Waals surface area contributed by atoms with Gasteiger partial charge in [-0.15, -0.1) is 12.1 Å². The minimum absolute atomic E-state index is 0. The van der Waals surface area contributed by atoms with E-state index in [0.29, 0.717) is 17.3 Å². The molecule has 166 valence electrons. The van der Waals surface area contributed by atoms with Crippen molar-refractivity contribution in [3.8, 4) is 28.7 Å². The molecule has 32 heavy (non-hydrogen) atoms. The van der Waals surface area contributed by atoms with E-state index in [1.165, 1.54) is 0 Å². The van der Waals surface area contributed by atoms with Crippen molar-refractivity contribution in [1.82, 2.24) is 19.7 Å². The van der Waals surface area contributed by atoms with Gasteiger partial charge in [0.1, 0.15) is 11.8 Å². The molecule has 0 bridgehead atoms. The maximum absolute atomic E-state index is 5.45. The number of hydrogen-bond acceptors (Lipinski definition) is 5. The number of para-hydroxylation sites is 1. The summed E-state index contributed by atoms with van der Waals surface area (Å²) >= 11 is 0. The maximum Gasteiger partial charge on any atom is 2.00 e. The predicted molar refractivity (Wildman–Crippen MR) is 119 cm³/mol. The molecule has 1 atom stereocenters. The molecule has 7 heteroatoms. The maximum atomic E-state index is 5.45. The van der Waals surface area contributed by atoms with Gasteiger partial charge in [-0.05, 0) is 36.9 Å². The summed E-state index contributed by atoms with van der Waals surface area (Å²) in [5.41, 5.74) is 3.82. The van der Waals surface area contributed by atoms with Crippen molar-refractivity contribution in [1.29, 1.82) is 0 Å². The average Bonchev–Trinajstić information content (AvgIpc) is 3.34. The van der Waals surface area contributed by atoms with Gasteiger partial charge in [-0.1, -0.05) is 30.7 Å². The quantitative estimate of drug-likeness (QED) is 0.286. The van der Waals surface area contributed by atoms with Gasteiger partial charge in [0.15, 0.2) is 0 Å². The molecule has 0 radical (unpaired) electrons. The van der Waals surface area contributed by atoms with E-state index < -0.39 is 0 Å². The molecule has 4 aromatic rings. The molecule has 0 saturated heterocycles. The van der Waals surface area contributed by atoms with Crippen LogP contribution in [-0.4, -0.2) is 34.0 Å². The van der Waals surface area contributed by atoms with Gasteiger partial charge >= 0.3 is 21.1 Å². The van der Waals surface area contributed by atoms with Crippen LogP contribution in [0.15, 0.2) is 60.8 Å². The molecule has 4 rings (SSSR count). The third kappa shape index (κ3) is 4.46. The fraction of sp³-hybridized carbons (Fsp3) is 0.240. The van der Waals surface area contributed by atoms with E-state index in [2.05, 4.69) is 31.0 Å². The van der Waals surface area contributed by atoms with Gasteiger partial charge in [0.2, 0.25) is 0 Å². The molecule has 0 aliphatic heterocycles. The third-order valence-electron chi connectivity index (χ3n) is 5.54. The Bertz CT molecular complexity index is 1180. The number of rotatable bonds is 7. The van der Waals surface area contributed by atoms with E-state index >= 15 is 0 Å². The Morgan fingerprint density at radius 2 is 1.81 bits per heavy atom. The molecule has 3 aromatic heterocycles. The Morgan fingerprint density at radius 3 is 2.50 bits per heavy atom. The molecule has 0 saturated carbocycles. The summed E-state index contributed by atoms with van der Waals surface area (Å²) in [6.45, 7) is 4.30. The molecule has 6 nitrogen and oxygen atoms in total. The smallest absolute Gasteiger partial charge is 0.524 e. The molecule has 0 spiro atoms. The van der Waals surface area contributed by atoms with Crippen LogP contribution in [0.3, 0.4) is 0 Å². The van der Waals surface area contributed by atoms with Crippen LogP contribution in [0.25, 0.3) is 16.9 Å². The van der Waals surface area contributed by atoms with Crippen molar-refractivity contribution in [3.63, 3.8) is 0 Å². The SMILES string of the molecule is CCC(C)(c1cccc(-c2[c-]cc(OC)nc2OC)n1)c1ccn(-c2[c-]cccc2)n1.[Pt+2]. The minimum Gasteiger partial charge on any atom is -0.524 e. The number of ether oxygens (including phenoxy) is 2. The fourth-order valence-corrected chi connectivity index (χ4v) is 3.47. The van der Waals surface area contributed by atoms with Crippen molar-refractivity contribution in [2.45, 2.75) is 25.7 Å². The van der Waals surface area contributed by atoms with Gasteiger partial charge in [-0.3, -0.25) is 9.67 Å². The van der Waals surface area contributed by atoms with Gasteiger partial charge in [0, 0.05) is 11.9 Å². The third-order valence-corrected chi connectivity index (χ3v) is 5.54. The number of aromatic nitrogens is 4. The standard InChI is InChI=1S/C25H24N4O2.Pt/c1-5-25(2,22-16-17-29(28-22)18-10-7-6-8-11-18)21-13-9-12-20(26-21)19-14-15-23(30-3)27-24(19)31-4;/h6-10,12-13,15-17H,5H2,1-4H3;/q-2;+2. The Labute approximate surface area is 202 Å². The Morgan fingerprint density at radius 1 is 0.969 bits per heavy atom. The van der Waals surface area contributed by atoms with Gasteiger partial charge in [0.05, 0.1) is 25.3 Å². The summed E-state index contributed by atoms with van der Waals surface area (Å²) in [6, 6.07) is 23.9. The first kappa shape index (κ1) is 23.7. The molecule has 0 aliphatic rings.